The lowest BCUT2D eigenvalue weighted by Gasteiger charge is -2.33. The van der Waals surface area contributed by atoms with Gasteiger partial charge < -0.3 is 19.7 Å². The van der Waals surface area contributed by atoms with Crippen LogP contribution in [0.2, 0.25) is 0 Å². The SMILES string of the molecule is CCOc1cc(CNC(=NC)N2CCC(c3ncn[nH]3)CC2)ccc1OC. The molecule has 2 heterocycles. The van der Waals surface area contributed by atoms with E-state index in [1.54, 1.807) is 13.4 Å². The zero-order chi connectivity index (χ0) is 19.1. The highest BCUT2D eigenvalue weighted by atomic mass is 16.5. The molecule has 0 amide bonds. The molecule has 1 aromatic heterocycles. The molecular formula is C19H28N6O2. The number of nitrogens with one attached hydrogen (secondary N) is 2. The van der Waals surface area contributed by atoms with Gasteiger partial charge in [-0.15, -0.1) is 0 Å². The van der Waals surface area contributed by atoms with E-state index in [0.717, 1.165) is 54.8 Å². The van der Waals surface area contributed by atoms with Crippen molar-refractivity contribution in [3.8, 4) is 11.5 Å². The van der Waals surface area contributed by atoms with Gasteiger partial charge in [-0.05, 0) is 37.5 Å². The number of aromatic amines is 1. The summed E-state index contributed by atoms with van der Waals surface area (Å²) < 4.78 is 11.0. The van der Waals surface area contributed by atoms with Crippen LogP contribution < -0.4 is 14.8 Å². The molecule has 0 radical (unpaired) electrons. The Kier molecular flexibility index (Phi) is 6.51. The summed E-state index contributed by atoms with van der Waals surface area (Å²) in [7, 11) is 3.48. The number of benzene rings is 1. The van der Waals surface area contributed by atoms with Crippen molar-refractivity contribution in [1.82, 2.24) is 25.4 Å². The van der Waals surface area contributed by atoms with Crippen molar-refractivity contribution in [3.63, 3.8) is 0 Å². The van der Waals surface area contributed by atoms with Gasteiger partial charge in [0.1, 0.15) is 12.2 Å². The molecule has 0 spiro atoms. The molecule has 1 aliphatic rings. The monoisotopic (exact) mass is 372 g/mol. The minimum absolute atomic E-state index is 0.442. The Morgan fingerprint density at radius 1 is 1.33 bits per heavy atom. The van der Waals surface area contributed by atoms with Crippen LogP contribution in [0, 0.1) is 0 Å². The van der Waals surface area contributed by atoms with Gasteiger partial charge in [0, 0.05) is 32.6 Å². The number of rotatable bonds is 6. The Labute approximate surface area is 160 Å². The van der Waals surface area contributed by atoms with Crippen LogP contribution in [0.3, 0.4) is 0 Å². The average molecular weight is 372 g/mol. The smallest absolute Gasteiger partial charge is 0.193 e. The van der Waals surface area contributed by atoms with Crippen LogP contribution in [0.25, 0.3) is 0 Å². The molecule has 3 rings (SSSR count). The molecule has 0 bridgehead atoms. The number of methoxy groups -OCH3 is 1. The summed E-state index contributed by atoms with van der Waals surface area (Å²) in [5, 5.41) is 10.4. The highest BCUT2D eigenvalue weighted by Gasteiger charge is 2.24. The molecule has 0 saturated carbocycles. The fourth-order valence-electron chi connectivity index (χ4n) is 3.39. The van der Waals surface area contributed by atoms with Gasteiger partial charge in [-0.3, -0.25) is 10.1 Å². The zero-order valence-electron chi connectivity index (χ0n) is 16.2. The van der Waals surface area contributed by atoms with E-state index < -0.39 is 0 Å². The number of aliphatic imine (C=N–C) groups is 1. The molecule has 1 saturated heterocycles. The molecule has 27 heavy (non-hydrogen) atoms. The van der Waals surface area contributed by atoms with E-state index in [4.69, 9.17) is 9.47 Å². The maximum absolute atomic E-state index is 5.66. The van der Waals surface area contributed by atoms with E-state index in [1.165, 1.54) is 0 Å². The normalized spacial score (nSPS) is 15.7. The number of hydrogen-bond donors (Lipinski definition) is 2. The second kappa shape index (κ2) is 9.25. The molecule has 1 fully saturated rings. The second-order valence-corrected chi connectivity index (χ2v) is 6.45. The maximum Gasteiger partial charge on any atom is 0.193 e. The van der Waals surface area contributed by atoms with Crippen molar-refractivity contribution in [1.29, 1.82) is 0 Å². The number of hydrogen-bond acceptors (Lipinski definition) is 5. The molecule has 0 unspecified atom stereocenters. The van der Waals surface area contributed by atoms with Gasteiger partial charge in [0.15, 0.2) is 17.5 Å². The summed E-state index contributed by atoms with van der Waals surface area (Å²) in [6.45, 7) is 5.14. The van der Waals surface area contributed by atoms with Crippen molar-refractivity contribution >= 4 is 5.96 Å². The summed E-state index contributed by atoms with van der Waals surface area (Å²) >= 11 is 0. The van der Waals surface area contributed by atoms with Crippen molar-refractivity contribution in [2.24, 2.45) is 4.99 Å². The first-order valence-electron chi connectivity index (χ1n) is 9.35. The van der Waals surface area contributed by atoms with Crippen molar-refractivity contribution in [2.75, 3.05) is 33.9 Å². The Bertz CT molecular complexity index is 739. The van der Waals surface area contributed by atoms with Gasteiger partial charge >= 0.3 is 0 Å². The predicted octanol–water partition coefficient (Wildman–Crippen LogP) is 2.17. The topological polar surface area (TPSA) is 87.7 Å². The third-order valence-electron chi connectivity index (χ3n) is 4.81. The lowest BCUT2D eigenvalue weighted by atomic mass is 9.96. The van der Waals surface area contributed by atoms with Gasteiger partial charge in [-0.1, -0.05) is 6.07 Å². The molecule has 8 heteroatoms. The third kappa shape index (κ3) is 4.69. The van der Waals surface area contributed by atoms with Crippen molar-refractivity contribution < 1.29 is 9.47 Å². The standard InChI is InChI=1S/C19H28N6O2/c1-4-27-17-11-14(5-6-16(17)26-3)12-21-19(20-2)25-9-7-15(8-10-25)18-22-13-23-24-18/h5-6,11,13,15H,4,7-10,12H2,1-3H3,(H,20,21)(H,22,23,24). The van der Waals surface area contributed by atoms with E-state index in [1.807, 2.05) is 32.2 Å². The van der Waals surface area contributed by atoms with E-state index in [-0.39, 0.29) is 0 Å². The van der Waals surface area contributed by atoms with Gasteiger partial charge in [0.25, 0.3) is 0 Å². The third-order valence-corrected chi connectivity index (χ3v) is 4.81. The summed E-state index contributed by atoms with van der Waals surface area (Å²) in [4.78, 5) is 11.0. The molecule has 1 aromatic carbocycles. The van der Waals surface area contributed by atoms with Gasteiger partial charge in [0.2, 0.25) is 0 Å². The van der Waals surface area contributed by atoms with Crippen molar-refractivity contribution in [3.05, 3.63) is 35.9 Å². The van der Waals surface area contributed by atoms with Gasteiger partial charge in [0.05, 0.1) is 13.7 Å². The van der Waals surface area contributed by atoms with E-state index in [0.29, 0.717) is 19.1 Å². The Morgan fingerprint density at radius 2 is 2.15 bits per heavy atom. The Balaban J connectivity index is 1.56. The first-order chi connectivity index (χ1) is 13.2. The summed E-state index contributed by atoms with van der Waals surface area (Å²) in [5.74, 6) is 3.86. The number of guanidine groups is 1. The molecule has 0 aliphatic carbocycles. The number of ether oxygens (including phenoxy) is 2. The predicted molar refractivity (Wildman–Crippen MR) is 104 cm³/mol. The molecule has 146 valence electrons. The largest absolute Gasteiger partial charge is 0.493 e. The van der Waals surface area contributed by atoms with Gasteiger partial charge in [-0.25, -0.2) is 4.98 Å². The maximum atomic E-state index is 5.66. The number of likely N-dealkylation sites (tertiary alicyclic amines) is 1. The fraction of sp³-hybridized carbons (Fsp3) is 0.526. The van der Waals surface area contributed by atoms with Crippen LogP contribution in [-0.2, 0) is 6.54 Å². The molecule has 2 N–H and O–H groups in total. The van der Waals surface area contributed by atoms with E-state index in [2.05, 4.69) is 30.4 Å². The van der Waals surface area contributed by atoms with Crippen LogP contribution in [0.4, 0.5) is 0 Å². The molecule has 1 aliphatic heterocycles. The van der Waals surface area contributed by atoms with Crippen LogP contribution in [0.1, 0.15) is 37.1 Å². The highest BCUT2D eigenvalue weighted by Crippen LogP contribution is 2.28. The van der Waals surface area contributed by atoms with Crippen LogP contribution in [-0.4, -0.2) is 59.9 Å². The first-order valence-corrected chi connectivity index (χ1v) is 9.35. The average Bonchev–Trinajstić information content (AvgIpc) is 3.24. The fourth-order valence-corrected chi connectivity index (χ4v) is 3.39. The highest BCUT2D eigenvalue weighted by molar-refractivity contribution is 5.80. The lowest BCUT2D eigenvalue weighted by molar-refractivity contribution is 0.298. The summed E-state index contributed by atoms with van der Waals surface area (Å²) in [6, 6.07) is 5.99. The Morgan fingerprint density at radius 3 is 2.78 bits per heavy atom. The van der Waals surface area contributed by atoms with Crippen molar-refractivity contribution in [2.45, 2.75) is 32.2 Å². The first kappa shape index (κ1) is 19.0. The quantitative estimate of drug-likeness (QED) is 0.597. The number of H-pyrrole nitrogens is 1. The lowest BCUT2D eigenvalue weighted by Crippen LogP contribution is -2.45. The summed E-state index contributed by atoms with van der Waals surface area (Å²) in [5.41, 5.74) is 1.12. The second-order valence-electron chi connectivity index (χ2n) is 6.45. The summed E-state index contributed by atoms with van der Waals surface area (Å²) in [6.07, 6.45) is 3.65. The van der Waals surface area contributed by atoms with E-state index in [9.17, 15) is 0 Å². The molecular weight excluding hydrogens is 344 g/mol. The number of aromatic nitrogens is 3. The van der Waals surface area contributed by atoms with Crippen LogP contribution in [0.15, 0.2) is 29.5 Å². The molecule has 2 aromatic rings. The number of piperidine rings is 1. The minimum atomic E-state index is 0.442. The molecule has 8 nitrogen and oxygen atoms in total. The molecule has 0 atom stereocenters. The van der Waals surface area contributed by atoms with Crippen LogP contribution >= 0.6 is 0 Å². The zero-order valence-corrected chi connectivity index (χ0v) is 16.2. The number of nitrogens with zero attached hydrogens (tertiary/aromatic N) is 4. The minimum Gasteiger partial charge on any atom is -0.493 e. The van der Waals surface area contributed by atoms with Crippen LogP contribution in [0.5, 0.6) is 11.5 Å². The van der Waals surface area contributed by atoms with Gasteiger partial charge in [-0.2, -0.15) is 5.10 Å². The van der Waals surface area contributed by atoms with E-state index >= 15 is 0 Å². The Hall–Kier alpha value is -2.77.